The molecule has 0 atom stereocenters. The number of ether oxygens (including phenoxy) is 1. The van der Waals surface area contributed by atoms with Gasteiger partial charge in [-0.3, -0.25) is 0 Å². The van der Waals surface area contributed by atoms with Crippen molar-refractivity contribution in [1.29, 1.82) is 0 Å². The van der Waals surface area contributed by atoms with Crippen LogP contribution in [0.4, 0.5) is 0 Å². The van der Waals surface area contributed by atoms with Crippen molar-refractivity contribution < 1.29 is 9.53 Å². The molecule has 0 aliphatic heterocycles. The Morgan fingerprint density at radius 3 is 2.94 bits per heavy atom. The summed E-state index contributed by atoms with van der Waals surface area (Å²) in [6.07, 6.45) is 2.95. The van der Waals surface area contributed by atoms with E-state index in [-0.39, 0.29) is 16.5 Å². The van der Waals surface area contributed by atoms with Gasteiger partial charge in [0.1, 0.15) is 5.15 Å². The number of esters is 1. The number of halogens is 1. The monoisotopic (exact) mass is 267 g/mol. The fraction of sp³-hybridized carbons (Fsp3) is 0.571. The highest BCUT2D eigenvalue weighted by Crippen LogP contribution is 2.35. The van der Waals surface area contributed by atoms with E-state index >= 15 is 0 Å². The molecule has 0 bridgehead atoms. The number of aromatic nitrogens is 1. The van der Waals surface area contributed by atoms with E-state index in [9.17, 15) is 4.79 Å². The Balaban J connectivity index is 2.37. The predicted molar refractivity (Wildman–Crippen MR) is 71.0 cm³/mol. The molecule has 3 nitrogen and oxygen atoms in total. The predicted octanol–water partition coefficient (Wildman–Crippen LogP) is 3.43. The maximum Gasteiger partial charge on any atom is 0.341 e. The normalized spacial score (nSPS) is 17.1. The molecule has 0 radical (unpaired) electrons. The van der Waals surface area contributed by atoms with Crippen LogP contribution < -0.4 is 0 Å². The number of carbonyl (C=O) groups excluding carboxylic acids is 1. The number of nitrogens with zero attached hydrogens (tertiary/aromatic N) is 1. The summed E-state index contributed by atoms with van der Waals surface area (Å²) in [5.74, 6) is -0.388. The van der Waals surface area contributed by atoms with Gasteiger partial charge in [-0.05, 0) is 43.2 Å². The van der Waals surface area contributed by atoms with Crippen LogP contribution in [0.15, 0.2) is 6.07 Å². The molecule has 0 N–H and O–H groups in total. The molecular weight excluding hydrogens is 250 g/mol. The molecule has 0 amide bonds. The van der Waals surface area contributed by atoms with Gasteiger partial charge in [-0.25, -0.2) is 9.78 Å². The molecule has 2 rings (SSSR count). The quantitative estimate of drug-likeness (QED) is 0.609. The lowest BCUT2D eigenvalue weighted by atomic mass is 9.76. The molecule has 0 aromatic carbocycles. The van der Waals surface area contributed by atoms with Crippen LogP contribution in [0, 0.1) is 5.41 Å². The third kappa shape index (κ3) is 2.66. The molecule has 0 fully saturated rings. The number of pyridine rings is 1. The molecule has 1 aliphatic rings. The minimum absolute atomic E-state index is 0.256. The fourth-order valence-corrected chi connectivity index (χ4v) is 2.58. The van der Waals surface area contributed by atoms with Crippen molar-refractivity contribution in [2.75, 3.05) is 6.61 Å². The topological polar surface area (TPSA) is 39.2 Å². The SMILES string of the molecule is CCOC(=O)c1cc2c(nc1Cl)CCC(C)(C)C2. The average Bonchev–Trinajstić information content (AvgIpc) is 2.28. The van der Waals surface area contributed by atoms with Gasteiger partial charge >= 0.3 is 5.97 Å². The molecule has 0 unspecified atom stereocenters. The number of aryl methyl sites for hydroxylation is 1. The van der Waals surface area contributed by atoms with Crippen molar-refractivity contribution in [2.45, 2.75) is 40.0 Å². The molecule has 4 heteroatoms. The van der Waals surface area contributed by atoms with E-state index in [1.165, 1.54) is 0 Å². The maximum atomic E-state index is 11.8. The number of hydrogen-bond donors (Lipinski definition) is 0. The number of fused-ring (bicyclic) bond motifs is 1. The van der Waals surface area contributed by atoms with Crippen LogP contribution in [0.1, 0.15) is 48.8 Å². The van der Waals surface area contributed by atoms with E-state index in [4.69, 9.17) is 16.3 Å². The third-order valence-electron chi connectivity index (χ3n) is 3.35. The van der Waals surface area contributed by atoms with Gasteiger partial charge in [0.2, 0.25) is 0 Å². The van der Waals surface area contributed by atoms with Gasteiger partial charge < -0.3 is 4.74 Å². The summed E-state index contributed by atoms with van der Waals surface area (Å²) in [5.41, 5.74) is 2.79. The van der Waals surface area contributed by atoms with E-state index in [0.29, 0.717) is 12.2 Å². The van der Waals surface area contributed by atoms with Crippen molar-refractivity contribution in [1.82, 2.24) is 4.98 Å². The zero-order valence-corrected chi connectivity index (χ0v) is 11.8. The van der Waals surface area contributed by atoms with Gasteiger partial charge in [-0.1, -0.05) is 25.4 Å². The van der Waals surface area contributed by atoms with Crippen LogP contribution in [0.25, 0.3) is 0 Å². The molecule has 1 aromatic rings. The summed E-state index contributed by atoms with van der Waals surface area (Å²) >= 11 is 6.05. The standard InChI is InChI=1S/C14H18ClNO2/c1-4-18-13(17)10-7-9-8-14(2,3)6-5-11(9)16-12(10)15/h7H,4-6,8H2,1-3H3. The first kappa shape index (κ1) is 13.3. The van der Waals surface area contributed by atoms with Crippen LogP contribution in [0.5, 0.6) is 0 Å². The van der Waals surface area contributed by atoms with Gasteiger partial charge in [0.05, 0.1) is 12.2 Å². The molecule has 0 spiro atoms. The second kappa shape index (κ2) is 4.88. The second-order valence-corrected chi connectivity index (χ2v) is 5.85. The highest BCUT2D eigenvalue weighted by molar-refractivity contribution is 6.32. The minimum Gasteiger partial charge on any atom is -0.462 e. The van der Waals surface area contributed by atoms with Crippen molar-refractivity contribution in [3.8, 4) is 0 Å². The van der Waals surface area contributed by atoms with Crippen LogP contribution in [-0.2, 0) is 17.6 Å². The zero-order chi connectivity index (χ0) is 13.3. The molecule has 18 heavy (non-hydrogen) atoms. The largest absolute Gasteiger partial charge is 0.462 e. The van der Waals surface area contributed by atoms with Crippen LogP contribution >= 0.6 is 11.6 Å². The van der Waals surface area contributed by atoms with E-state index in [0.717, 1.165) is 30.5 Å². The lowest BCUT2D eigenvalue weighted by Gasteiger charge is -2.30. The van der Waals surface area contributed by atoms with Crippen LogP contribution in [0.2, 0.25) is 5.15 Å². The van der Waals surface area contributed by atoms with E-state index < -0.39 is 0 Å². The smallest absolute Gasteiger partial charge is 0.341 e. The molecule has 98 valence electrons. The maximum absolute atomic E-state index is 11.8. The Morgan fingerprint density at radius 2 is 2.28 bits per heavy atom. The Labute approximate surface area is 113 Å². The Morgan fingerprint density at radius 1 is 1.56 bits per heavy atom. The Hall–Kier alpha value is -1.09. The molecular formula is C14H18ClNO2. The van der Waals surface area contributed by atoms with Crippen molar-refractivity contribution >= 4 is 17.6 Å². The van der Waals surface area contributed by atoms with Crippen molar-refractivity contribution in [3.05, 3.63) is 28.0 Å². The number of rotatable bonds is 2. The summed E-state index contributed by atoms with van der Waals surface area (Å²) in [5, 5.41) is 0.256. The van der Waals surface area contributed by atoms with Gasteiger partial charge in [0.25, 0.3) is 0 Å². The first-order chi connectivity index (χ1) is 8.43. The Kier molecular flexibility index (Phi) is 3.62. The highest BCUT2D eigenvalue weighted by atomic mass is 35.5. The molecule has 0 saturated heterocycles. The highest BCUT2D eigenvalue weighted by Gasteiger charge is 2.28. The van der Waals surface area contributed by atoms with E-state index in [2.05, 4.69) is 18.8 Å². The van der Waals surface area contributed by atoms with Gasteiger partial charge in [-0.15, -0.1) is 0 Å². The summed E-state index contributed by atoms with van der Waals surface area (Å²) in [6.45, 7) is 6.58. The summed E-state index contributed by atoms with van der Waals surface area (Å²) in [6, 6.07) is 1.85. The number of hydrogen-bond acceptors (Lipinski definition) is 3. The number of carbonyl (C=O) groups is 1. The first-order valence-corrected chi connectivity index (χ1v) is 6.66. The van der Waals surface area contributed by atoms with Gasteiger partial charge in [0, 0.05) is 5.69 Å². The lowest BCUT2D eigenvalue weighted by Crippen LogP contribution is -2.24. The second-order valence-electron chi connectivity index (χ2n) is 5.49. The Bertz CT molecular complexity index is 483. The van der Waals surface area contributed by atoms with Crippen molar-refractivity contribution in [3.63, 3.8) is 0 Å². The van der Waals surface area contributed by atoms with Gasteiger partial charge in [-0.2, -0.15) is 0 Å². The lowest BCUT2D eigenvalue weighted by molar-refractivity contribution is 0.0525. The summed E-state index contributed by atoms with van der Waals surface area (Å²) in [7, 11) is 0. The molecule has 0 saturated carbocycles. The summed E-state index contributed by atoms with van der Waals surface area (Å²) < 4.78 is 4.99. The van der Waals surface area contributed by atoms with Crippen LogP contribution in [-0.4, -0.2) is 17.6 Å². The molecule has 1 aliphatic carbocycles. The summed E-state index contributed by atoms with van der Waals surface area (Å²) in [4.78, 5) is 16.1. The zero-order valence-electron chi connectivity index (χ0n) is 11.0. The van der Waals surface area contributed by atoms with E-state index in [1.807, 2.05) is 6.07 Å². The third-order valence-corrected chi connectivity index (χ3v) is 3.64. The van der Waals surface area contributed by atoms with Crippen LogP contribution in [0.3, 0.4) is 0 Å². The minimum atomic E-state index is -0.388. The fourth-order valence-electron chi connectivity index (χ4n) is 2.35. The van der Waals surface area contributed by atoms with Crippen molar-refractivity contribution in [2.24, 2.45) is 5.41 Å². The van der Waals surface area contributed by atoms with E-state index in [1.54, 1.807) is 6.92 Å². The van der Waals surface area contributed by atoms with Gasteiger partial charge in [0.15, 0.2) is 0 Å². The molecule has 1 heterocycles. The average molecular weight is 268 g/mol. The molecule has 1 aromatic heterocycles. The first-order valence-electron chi connectivity index (χ1n) is 6.28.